The van der Waals surface area contributed by atoms with Crippen LogP contribution >= 0.6 is 15.9 Å². The van der Waals surface area contributed by atoms with Crippen molar-refractivity contribution < 1.29 is 0 Å². The van der Waals surface area contributed by atoms with Crippen LogP contribution < -0.4 is 4.90 Å². The van der Waals surface area contributed by atoms with Gasteiger partial charge in [0.15, 0.2) is 5.65 Å². The molecule has 1 spiro atoms. The SMILES string of the molecule is C[C@@H]1CCC2(CCN(c3ncc(Br)c4nccn34)C2)C1. The third-order valence-corrected chi connectivity index (χ3v) is 5.59. The van der Waals surface area contributed by atoms with Crippen LogP contribution in [0.4, 0.5) is 5.95 Å². The van der Waals surface area contributed by atoms with E-state index in [4.69, 9.17) is 0 Å². The summed E-state index contributed by atoms with van der Waals surface area (Å²) in [5.74, 6) is 1.93. The third-order valence-electron chi connectivity index (χ3n) is 5.03. The van der Waals surface area contributed by atoms with Crippen LogP contribution in [0.25, 0.3) is 5.65 Å². The summed E-state index contributed by atoms with van der Waals surface area (Å²) < 4.78 is 3.05. The van der Waals surface area contributed by atoms with Gasteiger partial charge in [-0.15, -0.1) is 0 Å². The lowest BCUT2D eigenvalue weighted by molar-refractivity contribution is 0.327. The molecule has 2 aromatic rings. The molecule has 0 aromatic carbocycles. The molecule has 106 valence electrons. The van der Waals surface area contributed by atoms with Crippen LogP contribution in [0.5, 0.6) is 0 Å². The second-order valence-corrected chi connectivity index (χ2v) is 7.40. The van der Waals surface area contributed by atoms with Crippen molar-refractivity contribution in [2.75, 3.05) is 18.0 Å². The van der Waals surface area contributed by atoms with Gasteiger partial charge < -0.3 is 4.90 Å². The molecule has 1 unspecified atom stereocenters. The number of hydrogen-bond acceptors (Lipinski definition) is 3. The monoisotopic (exact) mass is 334 g/mol. The summed E-state index contributed by atoms with van der Waals surface area (Å²) in [6.45, 7) is 4.66. The zero-order chi connectivity index (χ0) is 13.7. The van der Waals surface area contributed by atoms with E-state index in [0.29, 0.717) is 5.41 Å². The fourth-order valence-electron chi connectivity index (χ4n) is 4.08. The maximum absolute atomic E-state index is 4.64. The van der Waals surface area contributed by atoms with Gasteiger partial charge in [-0.3, -0.25) is 4.40 Å². The number of anilines is 1. The molecule has 5 heteroatoms. The number of fused-ring (bicyclic) bond motifs is 1. The van der Waals surface area contributed by atoms with Crippen molar-refractivity contribution in [3.63, 3.8) is 0 Å². The fourth-order valence-corrected chi connectivity index (χ4v) is 4.48. The smallest absolute Gasteiger partial charge is 0.211 e. The molecule has 1 saturated carbocycles. The molecular weight excluding hydrogens is 316 g/mol. The molecule has 1 aliphatic heterocycles. The van der Waals surface area contributed by atoms with Gasteiger partial charge in [-0.2, -0.15) is 0 Å². The highest BCUT2D eigenvalue weighted by molar-refractivity contribution is 9.10. The van der Waals surface area contributed by atoms with Crippen molar-refractivity contribution in [2.45, 2.75) is 32.6 Å². The Balaban J connectivity index is 1.68. The standard InChI is InChI=1S/C15H19BrN4/c1-11-2-3-15(8-11)4-6-19(10-15)14-18-9-12(16)13-17-5-7-20(13)14/h5,7,9,11H,2-4,6,8,10H2,1H3/t11-,15?/m1/s1. The summed E-state index contributed by atoms with van der Waals surface area (Å²) in [5.41, 5.74) is 1.50. The first-order valence-corrected chi connectivity index (χ1v) is 8.19. The minimum atomic E-state index is 0.543. The lowest BCUT2D eigenvalue weighted by atomic mass is 9.85. The third kappa shape index (κ3) is 1.86. The topological polar surface area (TPSA) is 33.4 Å². The van der Waals surface area contributed by atoms with Gasteiger partial charge in [0.2, 0.25) is 5.95 Å². The van der Waals surface area contributed by atoms with Crippen molar-refractivity contribution in [2.24, 2.45) is 11.3 Å². The van der Waals surface area contributed by atoms with Crippen molar-refractivity contribution in [3.8, 4) is 0 Å². The van der Waals surface area contributed by atoms with Gasteiger partial charge in [0.25, 0.3) is 0 Å². The van der Waals surface area contributed by atoms with Crippen LogP contribution in [-0.4, -0.2) is 27.5 Å². The van der Waals surface area contributed by atoms with Crippen molar-refractivity contribution in [1.29, 1.82) is 0 Å². The van der Waals surface area contributed by atoms with Crippen molar-refractivity contribution >= 4 is 27.5 Å². The Labute approximate surface area is 127 Å². The van der Waals surface area contributed by atoms with Crippen molar-refractivity contribution in [1.82, 2.24) is 14.4 Å². The molecule has 2 fully saturated rings. The highest BCUT2D eigenvalue weighted by Crippen LogP contribution is 2.48. The van der Waals surface area contributed by atoms with Crippen molar-refractivity contribution in [3.05, 3.63) is 23.1 Å². The predicted molar refractivity (Wildman–Crippen MR) is 83.0 cm³/mol. The zero-order valence-corrected chi connectivity index (χ0v) is 13.3. The first kappa shape index (κ1) is 12.6. The molecule has 0 amide bonds. The van der Waals surface area contributed by atoms with Crippen LogP contribution in [0.15, 0.2) is 23.1 Å². The minimum Gasteiger partial charge on any atom is -0.341 e. The number of nitrogens with zero attached hydrogens (tertiary/aromatic N) is 4. The summed E-state index contributed by atoms with van der Waals surface area (Å²) in [7, 11) is 0. The molecule has 20 heavy (non-hydrogen) atoms. The van der Waals surface area contributed by atoms with E-state index in [1.54, 1.807) is 0 Å². The summed E-state index contributed by atoms with van der Waals surface area (Å²) >= 11 is 3.52. The van der Waals surface area contributed by atoms with Gasteiger partial charge in [0, 0.05) is 31.7 Å². The Hall–Kier alpha value is -1.10. The van der Waals surface area contributed by atoms with Gasteiger partial charge in [0.05, 0.1) is 4.47 Å². The van der Waals surface area contributed by atoms with Gasteiger partial charge in [-0.25, -0.2) is 9.97 Å². The second kappa shape index (κ2) is 4.45. The summed E-state index contributed by atoms with van der Waals surface area (Å²) in [6, 6.07) is 0. The average Bonchev–Trinajstić information content (AvgIpc) is 3.12. The summed E-state index contributed by atoms with van der Waals surface area (Å²) in [4.78, 5) is 11.5. The van der Waals surface area contributed by atoms with Crippen LogP contribution in [0.3, 0.4) is 0 Å². The van der Waals surface area contributed by atoms with Crippen LogP contribution in [-0.2, 0) is 0 Å². The Morgan fingerprint density at radius 3 is 3.05 bits per heavy atom. The Morgan fingerprint density at radius 2 is 2.25 bits per heavy atom. The number of imidazole rings is 1. The molecule has 4 rings (SSSR count). The van der Waals surface area contributed by atoms with E-state index in [-0.39, 0.29) is 0 Å². The van der Waals surface area contributed by atoms with Crippen LogP contribution in [0.2, 0.25) is 0 Å². The number of halogens is 1. The number of aromatic nitrogens is 3. The quantitative estimate of drug-likeness (QED) is 0.800. The highest BCUT2D eigenvalue weighted by atomic mass is 79.9. The molecule has 1 aliphatic carbocycles. The van der Waals surface area contributed by atoms with E-state index in [9.17, 15) is 0 Å². The second-order valence-electron chi connectivity index (χ2n) is 6.55. The molecule has 1 saturated heterocycles. The fraction of sp³-hybridized carbons (Fsp3) is 0.600. The van der Waals surface area contributed by atoms with Gasteiger partial charge in [0.1, 0.15) is 0 Å². The molecule has 2 atom stereocenters. The van der Waals surface area contributed by atoms with E-state index in [0.717, 1.165) is 35.1 Å². The molecule has 3 heterocycles. The predicted octanol–water partition coefficient (Wildman–Crippen LogP) is 3.51. The molecular formula is C15H19BrN4. The molecule has 4 nitrogen and oxygen atoms in total. The molecule has 2 aromatic heterocycles. The molecule has 0 radical (unpaired) electrons. The highest BCUT2D eigenvalue weighted by Gasteiger charge is 2.43. The lowest BCUT2D eigenvalue weighted by Crippen LogP contribution is -2.27. The van der Waals surface area contributed by atoms with E-state index < -0.39 is 0 Å². The average molecular weight is 335 g/mol. The largest absolute Gasteiger partial charge is 0.341 e. The lowest BCUT2D eigenvalue weighted by Gasteiger charge is -2.24. The minimum absolute atomic E-state index is 0.543. The zero-order valence-electron chi connectivity index (χ0n) is 11.7. The number of rotatable bonds is 1. The first-order valence-electron chi connectivity index (χ1n) is 7.39. The normalized spacial score (nSPS) is 29.9. The Morgan fingerprint density at radius 1 is 1.35 bits per heavy atom. The summed E-state index contributed by atoms with van der Waals surface area (Å²) in [5, 5.41) is 0. The first-order chi connectivity index (χ1) is 9.67. The van der Waals surface area contributed by atoms with Gasteiger partial charge in [-0.05, 0) is 46.5 Å². The molecule has 0 N–H and O–H groups in total. The van der Waals surface area contributed by atoms with Gasteiger partial charge >= 0.3 is 0 Å². The van der Waals surface area contributed by atoms with E-state index in [1.807, 2.05) is 18.6 Å². The number of hydrogen-bond donors (Lipinski definition) is 0. The molecule has 2 aliphatic rings. The van der Waals surface area contributed by atoms with E-state index >= 15 is 0 Å². The maximum Gasteiger partial charge on any atom is 0.211 e. The van der Waals surface area contributed by atoms with Gasteiger partial charge in [-0.1, -0.05) is 13.3 Å². The van der Waals surface area contributed by atoms with Crippen LogP contribution in [0.1, 0.15) is 32.6 Å². The Bertz CT molecular complexity index is 652. The molecule has 0 bridgehead atoms. The Kier molecular flexibility index (Phi) is 2.81. The summed E-state index contributed by atoms with van der Waals surface area (Å²) in [6.07, 6.45) is 11.2. The van der Waals surface area contributed by atoms with E-state index in [2.05, 4.69) is 42.1 Å². The maximum atomic E-state index is 4.64. The van der Waals surface area contributed by atoms with E-state index in [1.165, 1.54) is 25.7 Å². The van der Waals surface area contributed by atoms with Crippen LogP contribution in [0, 0.1) is 11.3 Å².